The van der Waals surface area contributed by atoms with E-state index in [1.54, 1.807) is 47.9 Å². The number of amides is 5. The quantitative estimate of drug-likeness (QED) is 0.177. The second kappa shape index (κ2) is 15.3. The summed E-state index contributed by atoms with van der Waals surface area (Å²) in [5, 5.41) is 6.41. The normalized spacial score (nSPS) is 18.9. The number of thioether (sulfide) groups is 1. The highest BCUT2D eigenvalue weighted by molar-refractivity contribution is 7.99. The van der Waals surface area contributed by atoms with Gasteiger partial charge in [0.25, 0.3) is 11.8 Å². The highest BCUT2D eigenvalue weighted by atomic mass is 32.2. The Morgan fingerprint density at radius 1 is 0.982 bits per heavy atom. The van der Waals surface area contributed by atoms with Crippen LogP contribution in [0.25, 0.3) is 11.0 Å². The highest BCUT2D eigenvalue weighted by Gasteiger charge is 2.40. The Morgan fingerprint density at radius 2 is 1.78 bits per heavy atom. The van der Waals surface area contributed by atoms with E-state index in [9.17, 15) is 24.0 Å². The highest BCUT2D eigenvalue weighted by Crippen LogP contribution is 2.36. The predicted molar refractivity (Wildman–Crippen MR) is 207 cm³/mol. The number of carbonyl (C=O) groups is 5. The second-order valence-corrected chi connectivity index (χ2v) is 15.8. The van der Waals surface area contributed by atoms with Crippen LogP contribution in [0.1, 0.15) is 77.4 Å². The van der Waals surface area contributed by atoms with Gasteiger partial charge in [-0.2, -0.15) is 4.98 Å². The number of carbonyl (C=O) groups excluding carboxylic acids is 5. The fourth-order valence-corrected chi connectivity index (χ4v) is 9.09. The maximum absolute atomic E-state index is 13.2. The molecular weight excluding hydrogens is 721 g/mol. The summed E-state index contributed by atoms with van der Waals surface area (Å²) in [5.74, 6) is 0.694. The largest absolute Gasteiger partial charge is 0.367 e. The molecule has 2 N–H and O–H groups in total. The van der Waals surface area contributed by atoms with Crippen molar-refractivity contribution in [1.82, 2.24) is 39.5 Å². The molecule has 55 heavy (non-hydrogen) atoms. The molecule has 8 rings (SSSR count). The van der Waals surface area contributed by atoms with E-state index >= 15 is 0 Å². The maximum Gasteiger partial charge on any atom is 0.270 e. The van der Waals surface area contributed by atoms with Gasteiger partial charge in [-0.15, -0.1) is 11.8 Å². The summed E-state index contributed by atoms with van der Waals surface area (Å²) in [5.41, 5.74) is 3.79. The monoisotopic (exact) mass is 764 g/mol. The van der Waals surface area contributed by atoms with Gasteiger partial charge in [-0.1, -0.05) is 18.9 Å². The van der Waals surface area contributed by atoms with E-state index in [1.807, 2.05) is 41.4 Å². The van der Waals surface area contributed by atoms with Crippen LogP contribution in [0.4, 0.5) is 17.5 Å². The SMILES string of the molecule is CN(C)C(=O)c1cc2cnc(Nc3ccc(N4CCN(C(=O)CCSc5cccc6c5CN(C5CCC(=O)NC5=O)C6=O)CC4)cn3)nc2n1C1CCCC1. The van der Waals surface area contributed by atoms with Crippen molar-refractivity contribution in [2.45, 2.75) is 68.5 Å². The first-order chi connectivity index (χ1) is 26.6. The van der Waals surface area contributed by atoms with Gasteiger partial charge in [0, 0.05) is 93.5 Å². The van der Waals surface area contributed by atoms with E-state index in [0.717, 1.165) is 52.9 Å². The van der Waals surface area contributed by atoms with Crippen LogP contribution >= 0.6 is 11.8 Å². The number of imide groups is 1. The van der Waals surface area contributed by atoms with Crippen molar-refractivity contribution in [3.63, 3.8) is 0 Å². The Hall–Kier alpha value is -5.51. The molecule has 3 fully saturated rings. The van der Waals surface area contributed by atoms with Gasteiger partial charge in [0.1, 0.15) is 23.2 Å². The molecule has 1 atom stereocenters. The van der Waals surface area contributed by atoms with Crippen LogP contribution in [-0.2, 0) is 20.9 Å². The lowest BCUT2D eigenvalue weighted by molar-refractivity contribution is -0.137. The van der Waals surface area contributed by atoms with Gasteiger partial charge < -0.3 is 29.5 Å². The minimum absolute atomic E-state index is 0.0471. The van der Waals surface area contributed by atoms with Gasteiger partial charge >= 0.3 is 0 Å². The Bertz CT molecular complexity index is 2160. The number of anilines is 3. The molecule has 0 radical (unpaired) electrons. The van der Waals surface area contributed by atoms with Crippen LogP contribution in [-0.4, -0.2) is 116 Å². The van der Waals surface area contributed by atoms with Crippen molar-refractivity contribution in [2.24, 2.45) is 0 Å². The first kappa shape index (κ1) is 36.5. The number of fused-ring (bicyclic) bond motifs is 2. The molecule has 2 saturated heterocycles. The van der Waals surface area contributed by atoms with E-state index in [1.165, 1.54) is 0 Å². The van der Waals surface area contributed by atoms with Crippen molar-refractivity contribution >= 4 is 69.8 Å². The molecule has 0 spiro atoms. The summed E-state index contributed by atoms with van der Waals surface area (Å²) in [6.07, 6.45) is 8.77. The summed E-state index contributed by atoms with van der Waals surface area (Å²) in [6, 6.07) is 10.9. The third kappa shape index (κ3) is 7.34. The Balaban J connectivity index is 0.835. The molecule has 1 unspecified atom stereocenters. The van der Waals surface area contributed by atoms with Crippen molar-refractivity contribution in [2.75, 3.05) is 56.2 Å². The van der Waals surface area contributed by atoms with E-state index in [-0.39, 0.29) is 36.1 Å². The minimum atomic E-state index is -0.659. The number of hydrogen-bond donors (Lipinski definition) is 2. The molecule has 3 aliphatic heterocycles. The molecule has 3 aromatic heterocycles. The fraction of sp³-hybridized carbons (Fsp3) is 0.436. The molecule has 1 aliphatic carbocycles. The molecule has 4 aliphatic rings. The summed E-state index contributed by atoms with van der Waals surface area (Å²) in [6.45, 7) is 2.89. The Kier molecular flexibility index (Phi) is 10.2. The summed E-state index contributed by atoms with van der Waals surface area (Å²) < 4.78 is 2.09. The lowest BCUT2D eigenvalue weighted by Crippen LogP contribution is -2.52. The van der Waals surface area contributed by atoms with E-state index < -0.39 is 11.9 Å². The lowest BCUT2D eigenvalue weighted by Gasteiger charge is -2.36. The fourth-order valence-electron chi connectivity index (χ4n) is 8.07. The van der Waals surface area contributed by atoms with Crippen LogP contribution in [0, 0.1) is 0 Å². The standard InChI is InChI=1S/C39H44N10O5S/c1-45(2)38(54)30-20-24-21-41-39(44-35(24)49(30)25-6-3-4-7-25)42-32-12-10-26(22-40-32)46-15-17-47(18-16-46)34(51)14-19-55-31-9-5-8-27-28(31)23-48(37(27)53)29-11-13-33(50)43-36(29)52/h5,8-10,12,20-22,25,29H,3-4,6-7,11,13-19,23H2,1-2H3,(H,43,50,52)(H,40,41,42,44). The average molecular weight is 765 g/mol. The third-order valence-corrected chi connectivity index (χ3v) is 12.1. The molecule has 16 heteroatoms. The minimum Gasteiger partial charge on any atom is -0.367 e. The molecule has 1 aromatic carbocycles. The van der Waals surface area contributed by atoms with Crippen molar-refractivity contribution in [3.05, 3.63) is 65.6 Å². The number of piperazine rings is 1. The second-order valence-electron chi connectivity index (χ2n) is 14.7. The summed E-state index contributed by atoms with van der Waals surface area (Å²) in [7, 11) is 3.53. The first-order valence-electron chi connectivity index (χ1n) is 18.9. The van der Waals surface area contributed by atoms with Gasteiger partial charge in [-0.05, 0) is 55.2 Å². The molecular formula is C39H44N10O5S. The number of piperidine rings is 1. The number of benzene rings is 1. The van der Waals surface area contributed by atoms with E-state index in [2.05, 4.69) is 30.1 Å². The van der Waals surface area contributed by atoms with Crippen molar-refractivity contribution in [3.8, 4) is 0 Å². The first-order valence-corrected chi connectivity index (χ1v) is 19.9. The summed E-state index contributed by atoms with van der Waals surface area (Å²) in [4.78, 5) is 85.7. The zero-order chi connectivity index (χ0) is 38.2. The van der Waals surface area contributed by atoms with Crippen LogP contribution in [0.15, 0.2) is 53.7 Å². The van der Waals surface area contributed by atoms with Gasteiger partial charge in [-0.25, -0.2) is 9.97 Å². The zero-order valence-electron chi connectivity index (χ0n) is 31.0. The van der Waals surface area contributed by atoms with Crippen molar-refractivity contribution in [1.29, 1.82) is 0 Å². The maximum atomic E-state index is 13.2. The number of aromatic nitrogens is 4. The average Bonchev–Trinajstić information content (AvgIpc) is 3.93. The van der Waals surface area contributed by atoms with Crippen LogP contribution in [0.3, 0.4) is 0 Å². The van der Waals surface area contributed by atoms with Gasteiger partial charge in [0.15, 0.2) is 0 Å². The molecule has 286 valence electrons. The Morgan fingerprint density at radius 3 is 2.51 bits per heavy atom. The number of pyridine rings is 1. The molecule has 5 amide bonds. The number of hydrogen-bond acceptors (Lipinski definition) is 11. The zero-order valence-corrected chi connectivity index (χ0v) is 31.8. The number of nitrogens with one attached hydrogen (secondary N) is 2. The lowest BCUT2D eigenvalue weighted by atomic mass is 10.0. The molecule has 0 bridgehead atoms. The molecule has 1 saturated carbocycles. The van der Waals surface area contributed by atoms with E-state index in [4.69, 9.17) is 4.98 Å². The number of rotatable bonds is 10. The van der Waals surface area contributed by atoms with Gasteiger partial charge in [0.05, 0.1) is 11.9 Å². The Labute approximate surface area is 322 Å². The van der Waals surface area contributed by atoms with Crippen LogP contribution in [0.2, 0.25) is 0 Å². The van der Waals surface area contributed by atoms with E-state index in [0.29, 0.717) is 74.3 Å². The smallest absolute Gasteiger partial charge is 0.270 e. The van der Waals surface area contributed by atoms with Gasteiger partial charge in [0.2, 0.25) is 23.7 Å². The predicted octanol–water partition coefficient (Wildman–Crippen LogP) is 3.98. The third-order valence-electron chi connectivity index (χ3n) is 11.0. The molecule has 4 aromatic rings. The summed E-state index contributed by atoms with van der Waals surface area (Å²) >= 11 is 1.55. The van der Waals surface area contributed by atoms with Crippen LogP contribution in [0.5, 0.6) is 0 Å². The van der Waals surface area contributed by atoms with Crippen molar-refractivity contribution < 1.29 is 24.0 Å². The van der Waals surface area contributed by atoms with Gasteiger partial charge in [-0.3, -0.25) is 29.3 Å². The molecule has 6 heterocycles. The molecule has 15 nitrogen and oxygen atoms in total. The number of nitrogens with zero attached hydrogens (tertiary/aromatic N) is 8. The van der Waals surface area contributed by atoms with Crippen LogP contribution < -0.4 is 15.5 Å². The topological polar surface area (TPSA) is 166 Å².